The molecule has 3 rings (SSSR count). The number of carbonyl (C=O) groups excluding carboxylic acids is 1. The van der Waals surface area contributed by atoms with E-state index in [9.17, 15) is 10.1 Å². The number of pyridine rings is 1. The summed E-state index contributed by atoms with van der Waals surface area (Å²) in [7, 11) is 0. The van der Waals surface area contributed by atoms with Crippen LogP contribution in [0.2, 0.25) is 0 Å². The molecule has 6 heteroatoms. The van der Waals surface area contributed by atoms with E-state index in [1.165, 1.54) is 0 Å². The largest absolute Gasteiger partial charge is 0.353 e. The molecule has 0 unspecified atom stereocenters. The van der Waals surface area contributed by atoms with Crippen LogP contribution in [0.15, 0.2) is 36.5 Å². The van der Waals surface area contributed by atoms with Gasteiger partial charge in [-0.05, 0) is 36.1 Å². The molecule has 0 spiro atoms. The summed E-state index contributed by atoms with van der Waals surface area (Å²) in [5.41, 5.74) is 3.78. The summed E-state index contributed by atoms with van der Waals surface area (Å²) in [6.07, 6.45) is 1.71. The van der Waals surface area contributed by atoms with Gasteiger partial charge in [-0.15, -0.1) is 0 Å². The Morgan fingerprint density at radius 2 is 1.96 bits per heavy atom. The number of nitrogens with one attached hydrogen (secondary N) is 1. The van der Waals surface area contributed by atoms with Crippen LogP contribution in [-0.4, -0.2) is 48.5 Å². The van der Waals surface area contributed by atoms with Crippen LogP contribution in [0.5, 0.6) is 0 Å². The van der Waals surface area contributed by atoms with Crippen molar-refractivity contribution in [2.75, 3.05) is 42.9 Å². The van der Waals surface area contributed by atoms with Crippen molar-refractivity contribution in [3.63, 3.8) is 0 Å². The summed E-state index contributed by atoms with van der Waals surface area (Å²) < 4.78 is 0. The lowest BCUT2D eigenvalue weighted by Gasteiger charge is -2.35. The molecule has 1 aromatic carbocycles. The van der Waals surface area contributed by atoms with Crippen molar-refractivity contribution in [1.82, 2.24) is 9.88 Å². The van der Waals surface area contributed by atoms with Crippen LogP contribution in [-0.2, 0) is 4.79 Å². The maximum Gasteiger partial charge on any atom is 0.238 e. The van der Waals surface area contributed by atoms with Crippen molar-refractivity contribution in [3.8, 4) is 6.07 Å². The zero-order chi connectivity index (χ0) is 20.1. The third kappa shape index (κ3) is 4.49. The average Bonchev–Trinajstić information content (AvgIpc) is 2.70. The number of aryl methyl sites for hydroxylation is 1. The molecule has 0 aliphatic carbocycles. The predicted molar refractivity (Wildman–Crippen MR) is 112 cm³/mol. The van der Waals surface area contributed by atoms with E-state index in [1.54, 1.807) is 18.3 Å². The van der Waals surface area contributed by atoms with Gasteiger partial charge in [0.2, 0.25) is 5.91 Å². The molecule has 6 nitrogen and oxygen atoms in total. The van der Waals surface area contributed by atoms with Gasteiger partial charge in [0.25, 0.3) is 0 Å². The Hall–Kier alpha value is -2.91. The summed E-state index contributed by atoms with van der Waals surface area (Å²) in [6.45, 7) is 9.70. The first-order chi connectivity index (χ1) is 13.5. The molecular formula is C22H27N5O. The van der Waals surface area contributed by atoms with Crippen molar-refractivity contribution in [2.45, 2.75) is 26.7 Å². The van der Waals surface area contributed by atoms with Crippen LogP contribution >= 0.6 is 0 Å². The van der Waals surface area contributed by atoms with E-state index in [-0.39, 0.29) is 5.91 Å². The second kappa shape index (κ2) is 8.85. The Morgan fingerprint density at radius 1 is 1.21 bits per heavy atom. The minimum absolute atomic E-state index is 0.0141. The van der Waals surface area contributed by atoms with Crippen LogP contribution in [0.25, 0.3) is 0 Å². The molecule has 1 N–H and O–H groups in total. The van der Waals surface area contributed by atoms with E-state index in [0.29, 0.717) is 18.0 Å². The molecule has 0 bridgehead atoms. The van der Waals surface area contributed by atoms with E-state index in [0.717, 1.165) is 48.8 Å². The maximum atomic E-state index is 12.6. The molecule has 2 heterocycles. The fourth-order valence-electron chi connectivity index (χ4n) is 3.58. The van der Waals surface area contributed by atoms with Crippen molar-refractivity contribution in [3.05, 3.63) is 53.2 Å². The van der Waals surface area contributed by atoms with E-state index < -0.39 is 0 Å². The Bertz CT molecular complexity index is 879. The number of rotatable bonds is 5. The van der Waals surface area contributed by atoms with Crippen LogP contribution < -0.4 is 10.2 Å². The molecule has 1 fully saturated rings. The van der Waals surface area contributed by atoms with Gasteiger partial charge in [-0.25, -0.2) is 4.98 Å². The van der Waals surface area contributed by atoms with Crippen molar-refractivity contribution >= 4 is 17.4 Å². The fraction of sp³-hybridized carbons (Fsp3) is 0.409. The number of benzene rings is 1. The van der Waals surface area contributed by atoms with Gasteiger partial charge in [0.15, 0.2) is 0 Å². The predicted octanol–water partition coefficient (Wildman–Crippen LogP) is 3.15. The van der Waals surface area contributed by atoms with Crippen molar-refractivity contribution in [2.24, 2.45) is 0 Å². The van der Waals surface area contributed by atoms with Crippen LogP contribution in [0, 0.1) is 18.3 Å². The highest BCUT2D eigenvalue weighted by Gasteiger charge is 2.22. The zero-order valence-electron chi connectivity index (χ0n) is 16.8. The van der Waals surface area contributed by atoms with Crippen LogP contribution in [0.4, 0.5) is 11.5 Å². The van der Waals surface area contributed by atoms with Crippen molar-refractivity contribution < 1.29 is 4.79 Å². The van der Waals surface area contributed by atoms with Gasteiger partial charge in [0.05, 0.1) is 12.1 Å². The number of amides is 1. The van der Waals surface area contributed by atoms with Crippen molar-refractivity contribution in [1.29, 1.82) is 5.26 Å². The van der Waals surface area contributed by atoms with E-state index in [1.807, 2.05) is 19.1 Å². The Kier molecular flexibility index (Phi) is 6.27. The van der Waals surface area contributed by atoms with Gasteiger partial charge in [0.1, 0.15) is 11.9 Å². The molecule has 1 amide bonds. The smallest absolute Gasteiger partial charge is 0.238 e. The second-order valence-electron chi connectivity index (χ2n) is 7.49. The topological polar surface area (TPSA) is 72.3 Å². The number of para-hydroxylation sites is 1. The quantitative estimate of drug-likeness (QED) is 0.867. The Labute approximate surface area is 166 Å². The number of anilines is 2. The summed E-state index contributed by atoms with van der Waals surface area (Å²) in [5.74, 6) is 1.10. The fourth-order valence-corrected chi connectivity index (χ4v) is 3.58. The first kappa shape index (κ1) is 19.8. The first-order valence-corrected chi connectivity index (χ1v) is 9.71. The summed E-state index contributed by atoms with van der Waals surface area (Å²) >= 11 is 0. The second-order valence-corrected chi connectivity index (χ2v) is 7.49. The zero-order valence-corrected chi connectivity index (χ0v) is 16.8. The highest BCUT2D eigenvalue weighted by Crippen LogP contribution is 2.27. The molecule has 1 aromatic heterocycles. The minimum atomic E-state index is 0.0141. The average molecular weight is 377 g/mol. The van der Waals surface area contributed by atoms with Gasteiger partial charge in [-0.3, -0.25) is 9.69 Å². The molecule has 28 heavy (non-hydrogen) atoms. The number of aromatic nitrogens is 1. The number of hydrogen-bond acceptors (Lipinski definition) is 5. The first-order valence-electron chi connectivity index (χ1n) is 9.71. The van der Waals surface area contributed by atoms with Gasteiger partial charge < -0.3 is 10.2 Å². The maximum absolute atomic E-state index is 12.6. The van der Waals surface area contributed by atoms with Gasteiger partial charge in [-0.2, -0.15) is 5.26 Å². The molecule has 146 valence electrons. The molecular weight excluding hydrogens is 350 g/mol. The molecule has 0 atom stereocenters. The van der Waals surface area contributed by atoms with Crippen LogP contribution in [0.1, 0.15) is 36.5 Å². The lowest BCUT2D eigenvalue weighted by Crippen LogP contribution is -2.49. The molecule has 1 saturated heterocycles. The molecule has 1 aliphatic heterocycles. The Morgan fingerprint density at radius 3 is 2.64 bits per heavy atom. The number of nitrogens with zero attached hydrogens (tertiary/aromatic N) is 4. The third-order valence-corrected chi connectivity index (χ3v) is 5.14. The highest BCUT2D eigenvalue weighted by atomic mass is 16.2. The normalized spacial score (nSPS) is 14.8. The van der Waals surface area contributed by atoms with Gasteiger partial charge in [-0.1, -0.05) is 32.0 Å². The molecule has 0 saturated carbocycles. The lowest BCUT2D eigenvalue weighted by molar-refractivity contribution is -0.117. The minimum Gasteiger partial charge on any atom is -0.353 e. The van der Waals surface area contributed by atoms with E-state index in [2.05, 4.69) is 46.1 Å². The molecule has 2 aromatic rings. The number of piperazine rings is 1. The third-order valence-electron chi connectivity index (χ3n) is 5.14. The van der Waals surface area contributed by atoms with E-state index in [4.69, 9.17) is 0 Å². The monoisotopic (exact) mass is 377 g/mol. The number of carbonyl (C=O) groups is 1. The summed E-state index contributed by atoms with van der Waals surface area (Å²) in [5, 5.41) is 12.4. The lowest BCUT2D eigenvalue weighted by atomic mass is 9.98. The van der Waals surface area contributed by atoms with Gasteiger partial charge >= 0.3 is 0 Å². The summed E-state index contributed by atoms with van der Waals surface area (Å²) in [6, 6.07) is 11.9. The standard InChI is InChI=1S/C22H27N5O/c1-16(2)19-8-4-6-17(3)21(19)25-20(28)15-26-10-12-27(13-11-26)22-18(14-23)7-5-9-24-22/h4-9,16H,10-13,15H2,1-3H3,(H,25,28). The Balaban J connectivity index is 1.58. The molecule has 1 aliphatic rings. The van der Waals surface area contributed by atoms with E-state index >= 15 is 0 Å². The number of nitriles is 1. The SMILES string of the molecule is Cc1cccc(C(C)C)c1NC(=O)CN1CCN(c2ncccc2C#N)CC1. The molecule has 0 radical (unpaired) electrons. The highest BCUT2D eigenvalue weighted by molar-refractivity contribution is 5.94. The van der Waals surface area contributed by atoms with Gasteiger partial charge in [0, 0.05) is 38.1 Å². The van der Waals surface area contributed by atoms with Crippen LogP contribution in [0.3, 0.4) is 0 Å². The number of hydrogen-bond donors (Lipinski definition) is 1. The summed E-state index contributed by atoms with van der Waals surface area (Å²) in [4.78, 5) is 21.3.